The molecule has 7 nitrogen and oxygen atoms in total. The predicted octanol–water partition coefficient (Wildman–Crippen LogP) is 3.31. The molecule has 28 heavy (non-hydrogen) atoms. The molecule has 0 saturated carbocycles. The van der Waals surface area contributed by atoms with E-state index in [1.54, 1.807) is 20.4 Å². The molecule has 1 fully saturated rings. The van der Waals surface area contributed by atoms with Crippen LogP contribution in [0.15, 0.2) is 54.9 Å². The summed E-state index contributed by atoms with van der Waals surface area (Å²) in [4.78, 5) is 14.8. The number of carbonyl (C=O) groups is 1. The molecule has 7 heteroatoms. The monoisotopic (exact) mass is 378 g/mol. The van der Waals surface area contributed by atoms with Crippen molar-refractivity contribution >= 4 is 17.3 Å². The number of ether oxygens (including phenoxy) is 2. The zero-order chi connectivity index (χ0) is 19.5. The molecular weight excluding hydrogens is 356 g/mol. The standard InChI is InChI=1S/C21H22N4O3/c1-27-19-5-3-4-17(20(19)28-2)24-18-10-11-25(21(18)26)16-8-6-14(7-9-16)15-12-22-23-13-15/h3-9,12-13,18,24H,10-11H2,1-2H3,(H,22,23)/t18-/m1/s1. The van der Waals surface area contributed by atoms with Crippen LogP contribution in [0.4, 0.5) is 11.4 Å². The van der Waals surface area contributed by atoms with Gasteiger partial charge in [-0.2, -0.15) is 5.10 Å². The van der Waals surface area contributed by atoms with Crippen LogP contribution in [0.1, 0.15) is 6.42 Å². The fraction of sp³-hybridized carbons (Fsp3) is 0.238. The number of benzene rings is 2. The summed E-state index contributed by atoms with van der Waals surface area (Å²) in [7, 11) is 3.19. The summed E-state index contributed by atoms with van der Waals surface area (Å²) >= 11 is 0. The van der Waals surface area contributed by atoms with E-state index in [-0.39, 0.29) is 11.9 Å². The molecule has 144 valence electrons. The number of aromatic amines is 1. The normalized spacial score (nSPS) is 16.3. The average Bonchev–Trinajstić information content (AvgIpc) is 3.39. The minimum absolute atomic E-state index is 0.0425. The second-order valence-electron chi connectivity index (χ2n) is 6.55. The molecule has 0 aliphatic carbocycles. The number of H-pyrrole nitrogens is 1. The fourth-order valence-corrected chi connectivity index (χ4v) is 3.50. The van der Waals surface area contributed by atoms with Gasteiger partial charge in [-0.3, -0.25) is 9.89 Å². The smallest absolute Gasteiger partial charge is 0.249 e. The van der Waals surface area contributed by atoms with E-state index in [1.165, 1.54) is 0 Å². The quantitative estimate of drug-likeness (QED) is 0.688. The Kier molecular flexibility index (Phi) is 4.89. The number of carbonyl (C=O) groups excluding carboxylic acids is 1. The number of aromatic nitrogens is 2. The highest BCUT2D eigenvalue weighted by molar-refractivity contribution is 6.01. The van der Waals surface area contributed by atoms with Gasteiger partial charge in [0.25, 0.3) is 0 Å². The van der Waals surface area contributed by atoms with E-state index in [4.69, 9.17) is 9.47 Å². The fourth-order valence-electron chi connectivity index (χ4n) is 3.50. The molecule has 1 aliphatic heterocycles. The average molecular weight is 378 g/mol. The molecule has 2 heterocycles. The van der Waals surface area contributed by atoms with Crippen LogP contribution in [-0.4, -0.2) is 42.9 Å². The van der Waals surface area contributed by atoms with E-state index in [9.17, 15) is 4.79 Å². The third-order valence-electron chi connectivity index (χ3n) is 4.95. The van der Waals surface area contributed by atoms with E-state index >= 15 is 0 Å². The highest BCUT2D eigenvalue weighted by Crippen LogP contribution is 2.36. The SMILES string of the molecule is COc1cccc(N[C@@H]2CCN(c3ccc(-c4cn[nH]c4)cc3)C2=O)c1OC. The maximum atomic E-state index is 13.0. The Morgan fingerprint density at radius 3 is 2.61 bits per heavy atom. The number of amides is 1. The Balaban J connectivity index is 1.50. The molecule has 0 unspecified atom stereocenters. The number of hydrogen-bond acceptors (Lipinski definition) is 5. The topological polar surface area (TPSA) is 79.5 Å². The highest BCUT2D eigenvalue weighted by Gasteiger charge is 2.33. The molecule has 1 aliphatic rings. The van der Waals surface area contributed by atoms with E-state index in [0.29, 0.717) is 24.5 Å². The van der Waals surface area contributed by atoms with E-state index < -0.39 is 0 Å². The van der Waals surface area contributed by atoms with E-state index in [0.717, 1.165) is 22.5 Å². The zero-order valence-electron chi connectivity index (χ0n) is 15.8. The summed E-state index contributed by atoms with van der Waals surface area (Å²) in [5, 5.41) is 10.1. The maximum absolute atomic E-state index is 13.0. The van der Waals surface area contributed by atoms with Crippen LogP contribution in [-0.2, 0) is 4.79 Å². The largest absolute Gasteiger partial charge is 0.493 e. The van der Waals surface area contributed by atoms with Crippen LogP contribution >= 0.6 is 0 Å². The van der Waals surface area contributed by atoms with Gasteiger partial charge < -0.3 is 19.7 Å². The van der Waals surface area contributed by atoms with Gasteiger partial charge in [0.15, 0.2) is 11.5 Å². The number of hydrogen-bond donors (Lipinski definition) is 2. The molecule has 0 bridgehead atoms. The number of anilines is 2. The maximum Gasteiger partial charge on any atom is 0.249 e. The van der Waals surface area contributed by atoms with Gasteiger partial charge in [-0.1, -0.05) is 18.2 Å². The Morgan fingerprint density at radius 2 is 1.93 bits per heavy atom. The molecule has 2 aromatic carbocycles. The van der Waals surface area contributed by atoms with Crippen molar-refractivity contribution in [3.63, 3.8) is 0 Å². The van der Waals surface area contributed by atoms with Crippen molar-refractivity contribution < 1.29 is 14.3 Å². The molecule has 0 radical (unpaired) electrons. The molecule has 0 spiro atoms. The van der Waals surface area contributed by atoms with Crippen molar-refractivity contribution in [1.82, 2.24) is 10.2 Å². The second-order valence-corrected chi connectivity index (χ2v) is 6.55. The highest BCUT2D eigenvalue weighted by atomic mass is 16.5. The van der Waals surface area contributed by atoms with Gasteiger partial charge in [-0.15, -0.1) is 0 Å². The number of nitrogens with zero attached hydrogens (tertiary/aromatic N) is 2. The third-order valence-corrected chi connectivity index (χ3v) is 4.95. The predicted molar refractivity (Wildman–Crippen MR) is 108 cm³/mol. The summed E-state index contributed by atoms with van der Waals surface area (Å²) in [6, 6.07) is 13.2. The van der Waals surface area contributed by atoms with Crippen molar-refractivity contribution in [1.29, 1.82) is 0 Å². The summed E-state index contributed by atoms with van der Waals surface area (Å²) in [5.74, 6) is 1.27. The summed E-state index contributed by atoms with van der Waals surface area (Å²) in [6.07, 6.45) is 4.33. The molecule has 1 saturated heterocycles. The third kappa shape index (κ3) is 3.26. The minimum atomic E-state index is -0.311. The van der Waals surface area contributed by atoms with Gasteiger partial charge in [-0.25, -0.2) is 0 Å². The van der Waals surface area contributed by atoms with Crippen LogP contribution in [0.2, 0.25) is 0 Å². The van der Waals surface area contributed by atoms with Crippen LogP contribution in [0.25, 0.3) is 11.1 Å². The minimum Gasteiger partial charge on any atom is -0.493 e. The molecule has 1 atom stereocenters. The van der Waals surface area contributed by atoms with Gasteiger partial charge in [0.1, 0.15) is 6.04 Å². The van der Waals surface area contributed by atoms with Crippen molar-refractivity contribution in [2.75, 3.05) is 31.0 Å². The van der Waals surface area contributed by atoms with E-state index in [2.05, 4.69) is 15.5 Å². The molecule has 4 rings (SSSR count). The second kappa shape index (κ2) is 7.64. The van der Waals surface area contributed by atoms with Crippen molar-refractivity contribution in [2.24, 2.45) is 0 Å². The lowest BCUT2D eigenvalue weighted by Crippen LogP contribution is -2.33. The number of nitrogens with one attached hydrogen (secondary N) is 2. The lowest BCUT2D eigenvalue weighted by atomic mass is 10.1. The van der Waals surface area contributed by atoms with Gasteiger partial charge >= 0.3 is 0 Å². The van der Waals surface area contributed by atoms with E-state index in [1.807, 2.05) is 53.6 Å². The first-order valence-electron chi connectivity index (χ1n) is 9.09. The summed E-state index contributed by atoms with van der Waals surface area (Å²) < 4.78 is 10.8. The van der Waals surface area contributed by atoms with Crippen LogP contribution in [0.3, 0.4) is 0 Å². The van der Waals surface area contributed by atoms with Gasteiger partial charge in [0, 0.05) is 24.0 Å². The molecule has 3 aromatic rings. The van der Waals surface area contributed by atoms with Crippen LogP contribution in [0, 0.1) is 0 Å². The van der Waals surface area contributed by atoms with Crippen LogP contribution < -0.4 is 19.7 Å². The lowest BCUT2D eigenvalue weighted by Gasteiger charge is -2.19. The number of rotatable bonds is 6. The zero-order valence-corrected chi connectivity index (χ0v) is 15.8. The molecule has 2 N–H and O–H groups in total. The molecular formula is C21H22N4O3. The van der Waals surface area contributed by atoms with Crippen LogP contribution in [0.5, 0.6) is 11.5 Å². The Hall–Kier alpha value is -3.48. The van der Waals surface area contributed by atoms with Gasteiger partial charge in [-0.05, 0) is 36.2 Å². The Labute approximate surface area is 163 Å². The first kappa shape index (κ1) is 17.9. The summed E-state index contributed by atoms with van der Waals surface area (Å²) in [6.45, 7) is 0.661. The van der Waals surface area contributed by atoms with Crippen molar-refractivity contribution in [3.05, 3.63) is 54.9 Å². The lowest BCUT2D eigenvalue weighted by molar-refractivity contribution is -0.117. The van der Waals surface area contributed by atoms with Crippen molar-refractivity contribution in [3.8, 4) is 22.6 Å². The first-order chi connectivity index (χ1) is 13.7. The number of methoxy groups -OCH3 is 2. The van der Waals surface area contributed by atoms with Crippen molar-refractivity contribution in [2.45, 2.75) is 12.5 Å². The Bertz CT molecular complexity index is 954. The molecule has 1 aromatic heterocycles. The Morgan fingerprint density at radius 1 is 1.11 bits per heavy atom. The van der Waals surface area contributed by atoms with Gasteiger partial charge in [0.2, 0.25) is 5.91 Å². The summed E-state index contributed by atoms with van der Waals surface area (Å²) in [5.41, 5.74) is 3.71. The van der Waals surface area contributed by atoms with Gasteiger partial charge in [0.05, 0.1) is 26.1 Å². The molecule has 1 amide bonds. The number of para-hydroxylation sites is 1. The first-order valence-corrected chi connectivity index (χ1v) is 9.09.